The van der Waals surface area contributed by atoms with Crippen molar-refractivity contribution in [3.8, 4) is 0 Å². The molecule has 152 valence electrons. The summed E-state index contributed by atoms with van der Waals surface area (Å²) in [7, 11) is 0. The number of halogens is 1. The fourth-order valence-corrected chi connectivity index (χ4v) is 3.25. The van der Waals surface area contributed by atoms with E-state index in [1.165, 1.54) is 0 Å². The largest absolute Gasteiger partial charge is 0.452 e. The molecule has 0 saturated heterocycles. The Bertz CT molecular complexity index is 790. The number of hydrogen-bond donors (Lipinski definition) is 1. The average molecular weight is 406 g/mol. The third-order valence-corrected chi connectivity index (χ3v) is 4.81. The zero-order valence-corrected chi connectivity index (χ0v) is 17.5. The molecule has 1 aromatic heterocycles. The molecular weight excluding hydrogens is 378 g/mol. The van der Waals surface area contributed by atoms with Gasteiger partial charge >= 0.3 is 5.97 Å². The molecule has 2 rings (SSSR count). The van der Waals surface area contributed by atoms with Crippen molar-refractivity contribution in [3.63, 3.8) is 0 Å². The van der Waals surface area contributed by atoms with Gasteiger partial charge in [-0.2, -0.15) is 5.10 Å². The number of hydrogen-bond acceptors (Lipinski definition) is 4. The molecule has 1 amide bonds. The van der Waals surface area contributed by atoms with Crippen molar-refractivity contribution in [2.75, 3.05) is 6.61 Å². The number of nitrogens with zero attached hydrogens (tertiary/aromatic N) is 2. The number of aryl methyl sites for hydroxylation is 1. The zero-order chi connectivity index (χ0) is 20.5. The van der Waals surface area contributed by atoms with Gasteiger partial charge in [-0.05, 0) is 25.8 Å². The maximum Gasteiger partial charge on any atom is 0.343 e. The fraction of sp³-hybridized carbons (Fsp3) is 0.476. The first-order valence-corrected chi connectivity index (χ1v) is 10.0. The molecule has 0 radical (unpaired) electrons. The first kappa shape index (κ1) is 22.0. The summed E-state index contributed by atoms with van der Waals surface area (Å²) in [6.07, 6.45) is 4.24. The Kier molecular flexibility index (Phi) is 8.51. The standard InChI is InChI=1S/C21H28ClN3O3/c1-4-5-7-10-15(2)23-18(26)14-28-21(27)19-16(3)24-25(20(19)22)13-17-11-8-6-9-12-17/h6,8-9,11-12,15H,4-5,7,10,13-14H2,1-3H3,(H,23,26)/t15-/m1/s1. The summed E-state index contributed by atoms with van der Waals surface area (Å²) in [5.41, 5.74) is 1.68. The number of carbonyl (C=O) groups is 2. The Labute approximate surface area is 171 Å². The SMILES string of the molecule is CCCCC[C@@H](C)NC(=O)COC(=O)c1c(C)nn(Cc2ccccc2)c1Cl. The molecule has 0 bridgehead atoms. The predicted octanol–water partition coefficient (Wildman–Crippen LogP) is 4.14. The van der Waals surface area contributed by atoms with Crippen LogP contribution in [0.3, 0.4) is 0 Å². The minimum absolute atomic E-state index is 0.0525. The maximum atomic E-state index is 12.4. The second-order valence-corrected chi connectivity index (χ2v) is 7.29. The molecule has 1 N–H and O–H groups in total. The van der Waals surface area contributed by atoms with Gasteiger partial charge in [0.1, 0.15) is 10.7 Å². The van der Waals surface area contributed by atoms with E-state index >= 15 is 0 Å². The van der Waals surface area contributed by atoms with Gasteiger partial charge in [-0.25, -0.2) is 9.48 Å². The van der Waals surface area contributed by atoms with E-state index in [2.05, 4.69) is 17.3 Å². The first-order chi connectivity index (χ1) is 13.4. The van der Waals surface area contributed by atoms with Crippen molar-refractivity contribution in [1.29, 1.82) is 0 Å². The van der Waals surface area contributed by atoms with Crippen molar-refractivity contribution >= 4 is 23.5 Å². The molecule has 2 aromatic rings. The third kappa shape index (κ3) is 6.37. The number of rotatable bonds is 10. The normalized spacial score (nSPS) is 11.9. The summed E-state index contributed by atoms with van der Waals surface area (Å²) in [5, 5.41) is 7.38. The second kappa shape index (κ2) is 10.9. The molecule has 7 heteroatoms. The van der Waals surface area contributed by atoms with Gasteiger partial charge < -0.3 is 10.1 Å². The molecule has 6 nitrogen and oxygen atoms in total. The van der Waals surface area contributed by atoms with E-state index in [-0.39, 0.29) is 29.3 Å². The van der Waals surface area contributed by atoms with Crippen molar-refractivity contribution < 1.29 is 14.3 Å². The molecule has 0 unspecified atom stereocenters. The van der Waals surface area contributed by atoms with Gasteiger partial charge in [-0.3, -0.25) is 4.79 Å². The summed E-state index contributed by atoms with van der Waals surface area (Å²) in [6.45, 7) is 5.89. The van der Waals surface area contributed by atoms with E-state index in [1.54, 1.807) is 11.6 Å². The molecule has 1 aromatic carbocycles. The van der Waals surface area contributed by atoms with Gasteiger partial charge in [0.2, 0.25) is 0 Å². The van der Waals surface area contributed by atoms with Crippen LogP contribution in [0.1, 0.15) is 61.1 Å². The lowest BCUT2D eigenvalue weighted by atomic mass is 10.1. The highest BCUT2D eigenvalue weighted by molar-refractivity contribution is 6.32. The number of benzene rings is 1. The monoisotopic (exact) mass is 405 g/mol. The van der Waals surface area contributed by atoms with Crippen LogP contribution in [0.25, 0.3) is 0 Å². The summed E-state index contributed by atoms with van der Waals surface area (Å²) in [5.74, 6) is -0.960. The van der Waals surface area contributed by atoms with Crippen LogP contribution < -0.4 is 5.32 Å². The van der Waals surface area contributed by atoms with E-state index in [0.717, 1.165) is 31.2 Å². The highest BCUT2D eigenvalue weighted by Gasteiger charge is 2.22. The Balaban J connectivity index is 1.91. The summed E-state index contributed by atoms with van der Waals surface area (Å²) >= 11 is 6.34. The number of unbranched alkanes of at least 4 members (excludes halogenated alkanes) is 2. The topological polar surface area (TPSA) is 73.2 Å². The van der Waals surface area contributed by atoms with E-state index in [4.69, 9.17) is 16.3 Å². The van der Waals surface area contributed by atoms with Gasteiger partial charge in [0.15, 0.2) is 6.61 Å². The Morgan fingerprint density at radius 2 is 1.96 bits per heavy atom. The van der Waals surface area contributed by atoms with Crippen LogP contribution in [0.2, 0.25) is 5.15 Å². The molecule has 0 aliphatic carbocycles. The fourth-order valence-electron chi connectivity index (χ4n) is 2.94. The molecule has 0 aliphatic heterocycles. The molecular formula is C21H28ClN3O3. The summed E-state index contributed by atoms with van der Waals surface area (Å²) in [4.78, 5) is 24.4. The minimum atomic E-state index is -0.643. The van der Waals surface area contributed by atoms with Crippen molar-refractivity contribution in [2.45, 2.75) is 59.0 Å². The lowest BCUT2D eigenvalue weighted by Gasteiger charge is -2.13. The van der Waals surface area contributed by atoms with Gasteiger partial charge in [0, 0.05) is 6.04 Å². The Morgan fingerprint density at radius 3 is 2.64 bits per heavy atom. The number of aromatic nitrogens is 2. The molecule has 0 fully saturated rings. The van der Waals surface area contributed by atoms with Crippen LogP contribution in [0.5, 0.6) is 0 Å². The summed E-state index contributed by atoms with van der Waals surface area (Å²) in [6, 6.07) is 9.75. The second-order valence-electron chi connectivity index (χ2n) is 6.93. The molecule has 0 aliphatic rings. The highest BCUT2D eigenvalue weighted by Crippen LogP contribution is 2.22. The lowest BCUT2D eigenvalue weighted by Crippen LogP contribution is -2.35. The predicted molar refractivity (Wildman–Crippen MR) is 110 cm³/mol. The molecule has 0 saturated carbocycles. The van der Waals surface area contributed by atoms with Gasteiger partial charge in [0.25, 0.3) is 5.91 Å². The molecule has 0 spiro atoms. The van der Waals surface area contributed by atoms with E-state index in [0.29, 0.717) is 12.2 Å². The van der Waals surface area contributed by atoms with Crippen molar-refractivity contribution in [2.24, 2.45) is 0 Å². The van der Waals surface area contributed by atoms with E-state index in [1.807, 2.05) is 37.3 Å². The first-order valence-electron chi connectivity index (χ1n) is 9.65. The number of amides is 1. The lowest BCUT2D eigenvalue weighted by molar-refractivity contribution is -0.124. The third-order valence-electron chi connectivity index (χ3n) is 4.43. The Morgan fingerprint density at radius 1 is 1.25 bits per heavy atom. The van der Waals surface area contributed by atoms with Gasteiger partial charge in [0.05, 0.1) is 12.2 Å². The molecule has 28 heavy (non-hydrogen) atoms. The van der Waals surface area contributed by atoms with Crippen LogP contribution in [-0.2, 0) is 16.1 Å². The molecule has 1 atom stereocenters. The average Bonchev–Trinajstić information content (AvgIpc) is 2.94. The summed E-state index contributed by atoms with van der Waals surface area (Å²) < 4.78 is 6.71. The van der Waals surface area contributed by atoms with Crippen LogP contribution in [0.15, 0.2) is 30.3 Å². The number of nitrogens with one attached hydrogen (secondary N) is 1. The maximum absolute atomic E-state index is 12.4. The number of ether oxygens (including phenoxy) is 1. The van der Waals surface area contributed by atoms with Crippen LogP contribution in [0.4, 0.5) is 0 Å². The van der Waals surface area contributed by atoms with Crippen molar-refractivity contribution in [3.05, 3.63) is 52.3 Å². The highest BCUT2D eigenvalue weighted by atomic mass is 35.5. The van der Waals surface area contributed by atoms with Gasteiger partial charge in [-0.15, -0.1) is 0 Å². The minimum Gasteiger partial charge on any atom is -0.452 e. The quantitative estimate of drug-likeness (QED) is 0.476. The van der Waals surface area contributed by atoms with Crippen LogP contribution >= 0.6 is 11.6 Å². The van der Waals surface area contributed by atoms with Gasteiger partial charge in [-0.1, -0.05) is 68.1 Å². The zero-order valence-electron chi connectivity index (χ0n) is 16.7. The van der Waals surface area contributed by atoms with Crippen molar-refractivity contribution in [1.82, 2.24) is 15.1 Å². The Hall–Kier alpha value is -2.34. The number of carbonyl (C=O) groups excluding carboxylic acids is 2. The van der Waals surface area contributed by atoms with Crippen LogP contribution in [-0.4, -0.2) is 34.3 Å². The van der Waals surface area contributed by atoms with E-state index in [9.17, 15) is 9.59 Å². The smallest absolute Gasteiger partial charge is 0.343 e. The van der Waals surface area contributed by atoms with Crippen LogP contribution in [0, 0.1) is 6.92 Å². The molecule has 1 heterocycles. The number of esters is 1. The van der Waals surface area contributed by atoms with E-state index < -0.39 is 5.97 Å².